The predicted octanol–water partition coefficient (Wildman–Crippen LogP) is 1.22. The number of halogens is 1. The Hall–Kier alpha value is -0.480. The van der Waals surface area contributed by atoms with Crippen LogP contribution < -0.4 is 10.6 Å². The quantitative estimate of drug-likeness (QED) is 0.343. The molecule has 0 saturated heterocycles. The highest BCUT2D eigenvalue weighted by molar-refractivity contribution is 14.0. The van der Waals surface area contributed by atoms with Gasteiger partial charge >= 0.3 is 0 Å². The number of nitrogens with zero attached hydrogens (tertiary/aromatic N) is 1. The second-order valence-electron chi connectivity index (χ2n) is 3.72. The van der Waals surface area contributed by atoms with Crippen LogP contribution in [0.5, 0.6) is 0 Å². The summed E-state index contributed by atoms with van der Waals surface area (Å²) in [6.45, 7) is 7.85. The molecule has 0 amide bonds. The Balaban J connectivity index is 0. The molecule has 0 bridgehead atoms. The molecule has 0 aliphatic heterocycles. The summed E-state index contributed by atoms with van der Waals surface area (Å²) in [4.78, 5) is 4.37. The van der Waals surface area contributed by atoms with Gasteiger partial charge in [-0.1, -0.05) is 5.92 Å². The van der Waals surface area contributed by atoms with Gasteiger partial charge in [-0.2, -0.15) is 0 Å². The van der Waals surface area contributed by atoms with Crippen molar-refractivity contribution in [1.29, 1.82) is 0 Å². The third kappa shape index (κ3) is 8.80. The van der Waals surface area contributed by atoms with Gasteiger partial charge in [-0.05, 0) is 20.8 Å². The minimum atomic E-state index is -0.251. The average Bonchev–Trinajstić information content (AvgIpc) is 2.22. The van der Waals surface area contributed by atoms with Crippen molar-refractivity contribution in [3.63, 3.8) is 0 Å². The molecule has 0 aromatic carbocycles. The van der Waals surface area contributed by atoms with E-state index in [2.05, 4.69) is 21.5 Å². The lowest BCUT2D eigenvalue weighted by atomic mass is 10.1. The van der Waals surface area contributed by atoms with E-state index in [1.165, 1.54) is 0 Å². The highest BCUT2D eigenvalue weighted by Gasteiger charge is 2.15. The number of hydrogen-bond donors (Lipinski definition) is 2. The minimum absolute atomic E-state index is 0. The van der Waals surface area contributed by atoms with Gasteiger partial charge in [0.2, 0.25) is 0 Å². The van der Waals surface area contributed by atoms with E-state index in [1.54, 1.807) is 7.11 Å². The van der Waals surface area contributed by atoms with E-state index >= 15 is 0 Å². The molecule has 0 heterocycles. The van der Waals surface area contributed by atoms with Gasteiger partial charge in [-0.15, -0.1) is 30.4 Å². The van der Waals surface area contributed by atoms with Crippen LogP contribution >= 0.6 is 24.0 Å². The standard InChI is InChI=1S/C11H21N3O.HI/c1-6-8-13-10(12-7-2)14-9-11(3,4)15-5;/h1H,7-9H2,2-5H3,(H2,12,13,14);1H. The van der Waals surface area contributed by atoms with Crippen LogP contribution in [0.25, 0.3) is 0 Å². The molecular formula is C11H22IN3O. The summed E-state index contributed by atoms with van der Waals surface area (Å²) in [7, 11) is 1.68. The van der Waals surface area contributed by atoms with Crippen molar-refractivity contribution in [2.75, 3.05) is 26.7 Å². The molecule has 0 unspecified atom stereocenters. The molecule has 0 spiro atoms. The summed E-state index contributed by atoms with van der Waals surface area (Å²) >= 11 is 0. The maximum atomic E-state index is 5.27. The first kappa shape index (κ1) is 17.9. The van der Waals surface area contributed by atoms with Crippen molar-refractivity contribution in [3.05, 3.63) is 0 Å². The Morgan fingerprint density at radius 2 is 2.06 bits per heavy atom. The maximum Gasteiger partial charge on any atom is 0.192 e. The maximum absolute atomic E-state index is 5.27. The molecule has 0 aliphatic carbocycles. The molecule has 4 nitrogen and oxygen atoms in total. The first-order valence-corrected chi connectivity index (χ1v) is 5.06. The van der Waals surface area contributed by atoms with E-state index in [9.17, 15) is 0 Å². The van der Waals surface area contributed by atoms with E-state index in [1.807, 2.05) is 20.8 Å². The number of rotatable bonds is 5. The molecule has 2 N–H and O–H groups in total. The van der Waals surface area contributed by atoms with E-state index in [0.717, 1.165) is 12.5 Å². The number of methoxy groups -OCH3 is 1. The Bertz CT molecular complexity index is 246. The molecule has 94 valence electrons. The van der Waals surface area contributed by atoms with Crippen LogP contribution in [-0.4, -0.2) is 38.3 Å². The molecular weight excluding hydrogens is 317 g/mol. The van der Waals surface area contributed by atoms with Crippen LogP contribution in [0.2, 0.25) is 0 Å². The van der Waals surface area contributed by atoms with Gasteiger partial charge in [0.1, 0.15) is 0 Å². The van der Waals surface area contributed by atoms with E-state index in [0.29, 0.717) is 13.1 Å². The molecule has 0 rings (SSSR count). The number of aliphatic imine (C=N–C) groups is 1. The molecule has 0 aromatic rings. The van der Waals surface area contributed by atoms with Gasteiger partial charge in [0.05, 0.1) is 18.7 Å². The van der Waals surface area contributed by atoms with Crippen LogP contribution in [0.4, 0.5) is 0 Å². The lowest BCUT2D eigenvalue weighted by Gasteiger charge is -2.21. The van der Waals surface area contributed by atoms with Crippen LogP contribution in [0.3, 0.4) is 0 Å². The van der Waals surface area contributed by atoms with Crippen LogP contribution in [0.1, 0.15) is 20.8 Å². The van der Waals surface area contributed by atoms with E-state index < -0.39 is 0 Å². The first-order chi connectivity index (χ1) is 7.05. The number of terminal acetylenes is 1. The minimum Gasteiger partial charge on any atom is -0.377 e. The highest BCUT2D eigenvalue weighted by atomic mass is 127. The van der Waals surface area contributed by atoms with Gasteiger partial charge in [0.15, 0.2) is 5.96 Å². The van der Waals surface area contributed by atoms with Crippen LogP contribution in [0, 0.1) is 12.3 Å². The third-order valence-electron chi connectivity index (χ3n) is 1.87. The Morgan fingerprint density at radius 1 is 1.44 bits per heavy atom. The summed E-state index contributed by atoms with van der Waals surface area (Å²) in [6, 6.07) is 0. The summed E-state index contributed by atoms with van der Waals surface area (Å²) in [5, 5.41) is 6.12. The fourth-order valence-electron chi connectivity index (χ4n) is 0.810. The zero-order valence-corrected chi connectivity index (χ0v) is 12.8. The summed E-state index contributed by atoms with van der Waals surface area (Å²) in [5.41, 5.74) is -0.251. The average molecular weight is 339 g/mol. The Labute approximate surface area is 116 Å². The number of hydrogen-bond acceptors (Lipinski definition) is 2. The molecule has 0 radical (unpaired) electrons. The number of ether oxygens (including phenoxy) is 1. The zero-order valence-electron chi connectivity index (χ0n) is 10.5. The lowest BCUT2D eigenvalue weighted by molar-refractivity contribution is 0.0311. The monoisotopic (exact) mass is 339 g/mol. The van der Waals surface area contributed by atoms with Crippen LogP contribution in [0.15, 0.2) is 4.99 Å². The summed E-state index contributed by atoms with van der Waals surface area (Å²) < 4.78 is 5.27. The second kappa shape index (κ2) is 9.73. The van der Waals surface area contributed by atoms with E-state index in [4.69, 9.17) is 11.2 Å². The molecule has 5 heteroatoms. The molecule has 16 heavy (non-hydrogen) atoms. The molecule has 0 aromatic heterocycles. The summed E-state index contributed by atoms with van der Waals surface area (Å²) in [5.74, 6) is 3.23. The number of guanidine groups is 1. The third-order valence-corrected chi connectivity index (χ3v) is 1.87. The van der Waals surface area contributed by atoms with Gasteiger partial charge in [-0.3, -0.25) is 4.99 Å². The van der Waals surface area contributed by atoms with Gasteiger partial charge in [0, 0.05) is 13.7 Å². The second-order valence-corrected chi connectivity index (χ2v) is 3.72. The fraction of sp³-hybridized carbons (Fsp3) is 0.727. The Kier molecular flexibility index (Phi) is 10.9. The SMILES string of the molecule is C#CCNC(=NCC(C)(C)OC)NCC.I. The van der Waals surface area contributed by atoms with Crippen molar-refractivity contribution in [2.45, 2.75) is 26.4 Å². The largest absolute Gasteiger partial charge is 0.377 e. The van der Waals surface area contributed by atoms with Gasteiger partial charge in [0.25, 0.3) is 0 Å². The molecule has 0 aliphatic rings. The smallest absolute Gasteiger partial charge is 0.192 e. The Morgan fingerprint density at radius 3 is 2.50 bits per heavy atom. The molecule has 0 saturated carbocycles. The lowest BCUT2D eigenvalue weighted by Crippen LogP contribution is -2.39. The van der Waals surface area contributed by atoms with Crippen molar-refractivity contribution < 1.29 is 4.74 Å². The van der Waals surface area contributed by atoms with Crippen molar-refractivity contribution in [2.24, 2.45) is 4.99 Å². The van der Waals surface area contributed by atoms with Gasteiger partial charge < -0.3 is 15.4 Å². The van der Waals surface area contributed by atoms with Gasteiger partial charge in [-0.25, -0.2) is 0 Å². The van der Waals surface area contributed by atoms with Crippen LogP contribution in [-0.2, 0) is 4.74 Å². The van der Waals surface area contributed by atoms with E-state index in [-0.39, 0.29) is 29.6 Å². The number of nitrogens with one attached hydrogen (secondary N) is 2. The fourth-order valence-corrected chi connectivity index (χ4v) is 0.810. The van der Waals surface area contributed by atoms with Crippen molar-refractivity contribution >= 4 is 29.9 Å². The summed E-state index contributed by atoms with van der Waals surface area (Å²) in [6.07, 6.45) is 5.16. The van der Waals surface area contributed by atoms with Crippen molar-refractivity contribution in [1.82, 2.24) is 10.6 Å². The molecule has 0 fully saturated rings. The predicted molar refractivity (Wildman–Crippen MR) is 79.3 cm³/mol. The first-order valence-electron chi connectivity index (χ1n) is 5.06. The highest BCUT2D eigenvalue weighted by Crippen LogP contribution is 2.06. The zero-order chi connectivity index (χ0) is 11.7. The normalized spacial score (nSPS) is 11.3. The topological polar surface area (TPSA) is 45.7 Å². The molecule has 0 atom stereocenters. The van der Waals surface area contributed by atoms with Crippen molar-refractivity contribution in [3.8, 4) is 12.3 Å².